The molecular formula is C14H16N2O6. The fourth-order valence-corrected chi connectivity index (χ4v) is 2.20. The molecular weight excluding hydrogens is 292 g/mol. The zero-order valence-corrected chi connectivity index (χ0v) is 11.7. The molecule has 22 heavy (non-hydrogen) atoms. The lowest BCUT2D eigenvalue weighted by molar-refractivity contribution is -0.144. The summed E-state index contributed by atoms with van der Waals surface area (Å²) in [5.74, 6) is -1.29. The summed E-state index contributed by atoms with van der Waals surface area (Å²) in [5.41, 5.74) is 0.815. The Kier molecular flexibility index (Phi) is 4.82. The van der Waals surface area contributed by atoms with Gasteiger partial charge in [0.2, 0.25) is 0 Å². The second-order valence-electron chi connectivity index (χ2n) is 4.82. The van der Waals surface area contributed by atoms with Crippen LogP contribution in [0, 0.1) is 0 Å². The van der Waals surface area contributed by atoms with Crippen molar-refractivity contribution in [2.45, 2.75) is 12.6 Å². The van der Waals surface area contributed by atoms with Crippen molar-refractivity contribution in [1.29, 1.82) is 0 Å². The minimum atomic E-state index is -1.32. The molecule has 0 radical (unpaired) electrons. The van der Waals surface area contributed by atoms with Crippen LogP contribution < -0.4 is 0 Å². The predicted octanol–water partition coefficient (Wildman–Crippen LogP) is 1.07. The highest BCUT2D eigenvalue weighted by molar-refractivity contribution is 5.81. The number of carbonyl (C=O) groups excluding carboxylic acids is 1. The molecule has 0 aromatic heterocycles. The zero-order valence-electron chi connectivity index (χ0n) is 11.7. The Bertz CT molecular complexity index is 562. The lowest BCUT2D eigenvalue weighted by Gasteiger charge is -2.37. The summed E-state index contributed by atoms with van der Waals surface area (Å²) in [6.45, 7) is -0.109. The summed E-state index contributed by atoms with van der Waals surface area (Å²) in [6.07, 6.45) is -1.97. The van der Waals surface area contributed by atoms with E-state index in [1.807, 2.05) is 18.2 Å². The molecule has 1 saturated heterocycles. The molecule has 1 aliphatic rings. The highest BCUT2D eigenvalue weighted by Gasteiger charge is 2.37. The largest absolute Gasteiger partial charge is 0.480 e. The number of carbonyl (C=O) groups is 3. The molecule has 0 aliphatic carbocycles. The molecule has 1 aromatic carbocycles. The predicted molar refractivity (Wildman–Crippen MR) is 74.4 cm³/mol. The van der Waals surface area contributed by atoms with Gasteiger partial charge in [-0.2, -0.15) is 0 Å². The Hall–Kier alpha value is -2.77. The Morgan fingerprint density at radius 1 is 1.14 bits per heavy atom. The number of piperazine rings is 1. The third-order valence-corrected chi connectivity index (χ3v) is 3.37. The Morgan fingerprint density at radius 2 is 1.82 bits per heavy atom. The SMILES string of the molecule is O=C(O)C1CN(C(=O)OCc2ccccc2)CCN1C(=O)O. The van der Waals surface area contributed by atoms with Crippen molar-refractivity contribution in [1.82, 2.24) is 9.80 Å². The van der Waals surface area contributed by atoms with Gasteiger partial charge in [0, 0.05) is 13.1 Å². The summed E-state index contributed by atoms with van der Waals surface area (Å²) in [7, 11) is 0. The normalized spacial score (nSPS) is 17.9. The van der Waals surface area contributed by atoms with Crippen LogP contribution in [0.1, 0.15) is 5.56 Å². The summed E-state index contributed by atoms with van der Waals surface area (Å²) < 4.78 is 5.12. The van der Waals surface area contributed by atoms with E-state index in [0.717, 1.165) is 10.5 Å². The highest BCUT2D eigenvalue weighted by Crippen LogP contribution is 2.12. The van der Waals surface area contributed by atoms with Crippen LogP contribution in [0.3, 0.4) is 0 Å². The van der Waals surface area contributed by atoms with E-state index in [2.05, 4.69) is 0 Å². The molecule has 1 fully saturated rings. The summed E-state index contributed by atoms with van der Waals surface area (Å²) in [5, 5.41) is 18.0. The van der Waals surface area contributed by atoms with Crippen LogP contribution in [-0.2, 0) is 16.1 Å². The van der Waals surface area contributed by atoms with Crippen molar-refractivity contribution in [2.75, 3.05) is 19.6 Å². The van der Waals surface area contributed by atoms with E-state index in [1.54, 1.807) is 12.1 Å². The Morgan fingerprint density at radius 3 is 2.41 bits per heavy atom. The minimum Gasteiger partial charge on any atom is -0.480 e. The van der Waals surface area contributed by atoms with Crippen LogP contribution in [0.4, 0.5) is 9.59 Å². The molecule has 1 unspecified atom stereocenters. The highest BCUT2D eigenvalue weighted by atomic mass is 16.6. The van der Waals surface area contributed by atoms with Gasteiger partial charge in [0.05, 0.1) is 6.54 Å². The molecule has 0 saturated carbocycles. The first-order valence-corrected chi connectivity index (χ1v) is 6.67. The minimum absolute atomic E-state index is 0.0628. The van der Waals surface area contributed by atoms with Crippen LogP contribution in [0.25, 0.3) is 0 Å². The standard InChI is InChI=1S/C14H16N2O6/c17-12(18)11-8-15(6-7-16(11)13(19)20)14(21)22-9-10-4-2-1-3-5-10/h1-5,11H,6-9H2,(H,17,18)(H,19,20). The Balaban J connectivity index is 1.94. The van der Waals surface area contributed by atoms with Gasteiger partial charge in [0.15, 0.2) is 6.04 Å². The van der Waals surface area contributed by atoms with Crippen molar-refractivity contribution < 1.29 is 29.3 Å². The zero-order chi connectivity index (χ0) is 16.1. The van der Waals surface area contributed by atoms with Crippen molar-refractivity contribution in [3.8, 4) is 0 Å². The maximum Gasteiger partial charge on any atom is 0.410 e. The second-order valence-corrected chi connectivity index (χ2v) is 4.82. The average Bonchev–Trinajstić information content (AvgIpc) is 2.52. The maximum atomic E-state index is 12.0. The molecule has 2 rings (SSSR count). The van der Waals surface area contributed by atoms with Gasteiger partial charge in [0.1, 0.15) is 6.61 Å². The van der Waals surface area contributed by atoms with Crippen LogP contribution in [-0.4, -0.2) is 63.8 Å². The number of benzene rings is 1. The molecule has 8 heteroatoms. The molecule has 8 nitrogen and oxygen atoms in total. The van der Waals surface area contributed by atoms with Gasteiger partial charge < -0.3 is 19.8 Å². The maximum absolute atomic E-state index is 12.0. The number of nitrogens with zero attached hydrogens (tertiary/aromatic N) is 2. The van der Waals surface area contributed by atoms with Gasteiger partial charge in [-0.3, -0.25) is 4.90 Å². The number of hydrogen-bond acceptors (Lipinski definition) is 4. The summed E-state index contributed by atoms with van der Waals surface area (Å²) >= 11 is 0. The van der Waals surface area contributed by atoms with Gasteiger partial charge in [-0.15, -0.1) is 0 Å². The van der Waals surface area contributed by atoms with E-state index in [-0.39, 0.29) is 26.2 Å². The fourth-order valence-electron chi connectivity index (χ4n) is 2.20. The van der Waals surface area contributed by atoms with Crippen LogP contribution in [0.5, 0.6) is 0 Å². The van der Waals surface area contributed by atoms with Gasteiger partial charge in [-0.25, -0.2) is 14.4 Å². The van der Waals surface area contributed by atoms with Crippen molar-refractivity contribution in [3.05, 3.63) is 35.9 Å². The first kappa shape index (κ1) is 15.6. The number of amides is 2. The van der Waals surface area contributed by atoms with Gasteiger partial charge in [0.25, 0.3) is 0 Å². The molecule has 2 N–H and O–H groups in total. The van der Waals surface area contributed by atoms with Crippen molar-refractivity contribution in [3.63, 3.8) is 0 Å². The quantitative estimate of drug-likeness (QED) is 0.865. The van der Waals surface area contributed by atoms with E-state index in [1.165, 1.54) is 4.90 Å². The van der Waals surface area contributed by atoms with Crippen LogP contribution >= 0.6 is 0 Å². The first-order chi connectivity index (χ1) is 10.5. The number of aliphatic carboxylic acids is 1. The molecule has 0 bridgehead atoms. The van der Waals surface area contributed by atoms with Crippen LogP contribution in [0.15, 0.2) is 30.3 Å². The smallest absolute Gasteiger partial charge is 0.410 e. The number of ether oxygens (including phenoxy) is 1. The van der Waals surface area contributed by atoms with Crippen molar-refractivity contribution in [2.24, 2.45) is 0 Å². The lowest BCUT2D eigenvalue weighted by atomic mass is 10.2. The molecule has 1 aliphatic heterocycles. The Labute approximate surface area is 126 Å². The van der Waals surface area contributed by atoms with E-state index < -0.39 is 24.2 Å². The van der Waals surface area contributed by atoms with Crippen LogP contribution in [0.2, 0.25) is 0 Å². The number of carboxylic acid groups (broad SMARTS) is 2. The lowest BCUT2D eigenvalue weighted by Crippen LogP contribution is -2.59. The van der Waals surface area contributed by atoms with E-state index in [9.17, 15) is 14.4 Å². The number of hydrogen-bond donors (Lipinski definition) is 2. The molecule has 1 atom stereocenters. The first-order valence-electron chi connectivity index (χ1n) is 6.67. The third kappa shape index (κ3) is 3.66. The third-order valence-electron chi connectivity index (χ3n) is 3.37. The molecule has 118 valence electrons. The summed E-state index contributed by atoms with van der Waals surface area (Å²) in [4.78, 5) is 36.1. The molecule has 1 heterocycles. The average molecular weight is 308 g/mol. The van der Waals surface area contributed by atoms with Gasteiger partial charge in [-0.05, 0) is 5.56 Å². The summed E-state index contributed by atoms with van der Waals surface area (Å²) in [6, 6.07) is 7.79. The molecule has 0 spiro atoms. The monoisotopic (exact) mass is 308 g/mol. The second kappa shape index (κ2) is 6.79. The van der Waals surface area contributed by atoms with E-state index in [0.29, 0.717) is 0 Å². The topological polar surface area (TPSA) is 107 Å². The van der Waals surface area contributed by atoms with Crippen molar-refractivity contribution >= 4 is 18.2 Å². The molecule has 2 amide bonds. The van der Waals surface area contributed by atoms with E-state index >= 15 is 0 Å². The number of carboxylic acids is 1. The number of rotatable bonds is 3. The fraction of sp³-hybridized carbons (Fsp3) is 0.357. The van der Waals surface area contributed by atoms with Gasteiger partial charge >= 0.3 is 18.2 Å². The van der Waals surface area contributed by atoms with Gasteiger partial charge in [-0.1, -0.05) is 30.3 Å². The molecule has 1 aromatic rings. The van der Waals surface area contributed by atoms with E-state index in [4.69, 9.17) is 14.9 Å².